The molecule has 1 aliphatic carbocycles. The lowest BCUT2D eigenvalue weighted by Crippen LogP contribution is -2.34. The van der Waals surface area contributed by atoms with Crippen molar-refractivity contribution in [1.29, 1.82) is 5.26 Å². The number of carbonyl (C=O) groups excluding carboxylic acids is 1. The van der Waals surface area contributed by atoms with E-state index in [9.17, 15) is 9.90 Å². The summed E-state index contributed by atoms with van der Waals surface area (Å²) in [4.78, 5) is 13.9. The van der Waals surface area contributed by atoms with Crippen molar-refractivity contribution < 1.29 is 9.90 Å². The number of hydrogen-bond acceptors (Lipinski definition) is 3. The molecule has 20 heavy (non-hydrogen) atoms. The highest BCUT2D eigenvalue weighted by molar-refractivity contribution is 5.89. The van der Waals surface area contributed by atoms with Crippen molar-refractivity contribution in [3.8, 4) is 6.07 Å². The van der Waals surface area contributed by atoms with E-state index < -0.39 is 0 Å². The molecule has 2 aliphatic rings. The maximum atomic E-state index is 12.2. The highest BCUT2D eigenvalue weighted by Gasteiger charge is 2.43. The summed E-state index contributed by atoms with van der Waals surface area (Å²) < 4.78 is 0. The molecule has 104 valence electrons. The number of rotatable bonds is 1. The summed E-state index contributed by atoms with van der Waals surface area (Å²) in [5.74, 6) is 0.679. The molecule has 0 bridgehead atoms. The molecule has 1 saturated heterocycles. The Labute approximate surface area is 117 Å². The average molecular weight is 271 g/mol. The van der Waals surface area contributed by atoms with Gasteiger partial charge in [0.1, 0.15) is 0 Å². The van der Waals surface area contributed by atoms with E-state index in [-0.39, 0.29) is 18.1 Å². The van der Waals surface area contributed by atoms with Crippen molar-refractivity contribution in [1.82, 2.24) is 4.90 Å². The van der Waals surface area contributed by atoms with Gasteiger partial charge in [0.25, 0.3) is 0 Å². The van der Waals surface area contributed by atoms with Gasteiger partial charge in [0.2, 0.25) is 0 Å². The number of anilines is 1. The number of carbonyl (C=O) groups is 1. The number of urea groups is 1. The van der Waals surface area contributed by atoms with Gasteiger partial charge in [-0.25, -0.2) is 4.79 Å². The second-order valence-corrected chi connectivity index (χ2v) is 5.59. The van der Waals surface area contributed by atoms with Crippen LogP contribution in [-0.4, -0.2) is 35.2 Å². The zero-order chi connectivity index (χ0) is 14.1. The topological polar surface area (TPSA) is 76.4 Å². The summed E-state index contributed by atoms with van der Waals surface area (Å²) in [5, 5.41) is 21.4. The summed E-state index contributed by atoms with van der Waals surface area (Å²) in [7, 11) is 0. The lowest BCUT2D eigenvalue weighted by atomic mass is 10.00. The summed E-state index contributed by atoms with van der Waals surface area (Å²) in [5.41, 5.74) is 1.26. The molecule has 0 spiro atoms. The van der Waals surface area contributed by atoms with Gasteiger partial charge in [0.15, 0.2) is 0 Å². The van der Waals surface area contributed by atoms with Crippen LogP contribution in [0.5, 0.6) is 0 Å². The first-order chi connectivity index (χ1) is 9.67. The van der Waals surface area contributed by atoms with Crippen molar-refractivity contribution in [3.05, 3.63) is 29.8 Å². The Hall–Kier alpha value is -2.06. The van der Waals surface area contributed by atoms with Crippen LogP contribution in [0.25, 0.3) is 0 Å². The van der Waals surface area contributed by atoms with E-state index in [1.54, 1.807) is 29.2 Å². The number of nitrogens with one attached hydrogen (secondary N) is 1. The Kier molecular flexibility index (Phi) is 3.33. The summed E-state index contributed by atoms with van der Waals surface area (Å²) >= 11 is 0. The van der Waals surface area contributed by atoms with Crippen LogP contribution in [-0.2, 0) is 0 Å². The second kappa shape index (κ2) is 5.14. The van der Waals surface area contributed by atoms with Gasteiger partial charge in [0.05, 0.1) is 17.7 Å². The minimum atomic E-state index is -0.257. The van der Waals surface area contributed by atoms with Crippen LogP contribution in [0.4, 0.5) is 10.5 Å². The third-order valence-electron chi connectivity index (χ3n) is 4.37. The zero-order valence-electron chi connectivity index (χ0n) is 11.1. The fraction of sp³-hybridized carbons (Fsp3) is 0.467. The van der Waals surface area contributed by atoms with E-state index in [0.29, 0.717) is 23.7 Å². The summed E-state index contributed by atoms with van der Waals surface area (Å²) in [6, 6.07) is 8.72. The van der Waals surface area contributed by atoms with Crippen molar-refractivity contribution >= 4 is 11.7 Å². The smallest absolute Gasteiger partial charge is 0.321 e. The van der Waals surface area contributed by atoms with E-state index in [2.05, 4.69) is 5.32 Å². The molecule has 0 radical (unpaired) electrons. The molecule has 2 fully saturated rings. The molecular formula is C15H17N3O2. The number of benzene rings is 1. The van der Waals surface area contributed by atoms with E-state index in [1.807, 2.05) is 6.07 Å². The van der Waals surface area contributed by atoms with Crippen molar-refractivity contribution in [3.63, 3.8) is 0 Å². The molecule has 3 rings (SSSR count). The van der Waals surface area contributed by atoms with Gasteiger partial charge in [-0.05, 0) is 43.0 Å². The summed E-state index contributed by atoms with van der Waals surface area (Å²) in [6.45, 7) is 1.36. The van der Waals surface area contributed by atoms with Gasteiger partial charge in [0, 0.05) is 24.7 Å². The maximum absolute atomic E-state index is 12.2. The first-order valence-electron chi connectivity index (χ1n) is 6.91. The molecule has 2 N–H and O–H groups in total. The fourth-order valence-electron chi connectivity index (χ4n) is 3.23. The van der Waals surface area contributed by atoms with Crippen molar-refractivity contribution in [2.24, 2.45) is 11.8 Å². The molecule has 1 aromatic carbocycles. The molecule has 5 nitrogen and oxygen atoms in total. The van der Waals surface area contributed by atoms with Crippen LogP contribution >= 0.6 is 0 Å². The van der Waals surface area contributed by atoms with E-state index in [1.165, 1.54) is 0 Å². The number of nitriles is 1. The largest absolute Gasteiger partial charge is 0.393 e. The normalized spacial score (nSPS) is 28.0. The van der Waals surface area contributed by atoms with Gasteiger partial charge in [-0.15, -0.1) is 0 Å². The van der Waals surface area contributed by atoms with E-state index in [4.69, 9.17) is 5.26 Å². The predicted molar refractivity (Wildman–Crippen MR) is 74.0 cm³/mol. The lowest BCUT2D eigenvalue weighted by Gasteiger charge is -2.19. The van der Waals surface area contributed by atoms with Crippen LogP contribution in [0.1, 0.15) is 18.4 Å². The van der Waals surface area contributed by atoms with E-state index in [0.717, 1.165) is 19.4 Å². The minimum Gasteiger partial charge on any atom is -0.393 e. The molecule has 5 heteroatoms. The predicted octanol–water partition coefficient (Wildman–Crippen LogP) is 1.79. The molecule has 3 atom stereocenters. The summed E-state index contributed by atoms with van der Waals surface area (Å²) in [6.07, 6.45) is 1.61. The molecule has 0 aromatic heterocycles. The van der Waals surface area contributed by atoms with Gasteiger partial charge in [-0.3, -0.25) is 0 Å². The monoisotopic (exact) mass is 271 g/mol. The Morgan fingerprint density at radius 1 is 1.30 bits per heavy atom. The molecular weight excluding hydrogens is 254 g/mol. The van der Waals surface area contributed by atoms with Gasteiger partial charge in [-0.1, -0.05) is 0 Å². The van der Waals surface area contributed by atoms with Crippen LogP contribution in [0.15, 0.2) is 24.3 Å². The SMILES string of the molecule is N#Cc1ccc(NC(=O)N2CC3CCC(O)C3C2)cc1. The number of aliphatic hydroxyl groups is 1. The molecule has 2 amide bonds. The average Bonchev–Trinajstić information content (AvgIpc) is 3.02. The van der Waals surface area contributed by atoms with Gasteiger partial charge < -0.3 is 15.3 Å². The standard InChI is InChI=1S/C15H17N3O2/c16-7-10-1-4-12(5-2-10)17-15(20)18-8-11-3-6-14(19)13(11)9-18/h1-2,4-5,11,13-14,19H,3,6,8-9H2,(H,17,20). The van der Waals surface area contributed by atoms with Crippen molar-refractivity contribution in [2.45, 2.75) is 18.9 Å². The number of nitrogens with zero attached hydrogens (tertiary/aromatic N) is 2. The zero-order valence-corrected chi connectivity index (χ0v) is 11.1. The number of likely N-dealkylation sites (tertiary alicyclic amines) is 1. The first kappa shape index (κ1) is 12.9. The van der Waals surface area contributed by atoms with Gasteiger partial charge in [-0.2, -0.15) is 5.26 Å². The quantitative estimate of drug-likeness (QED) is 0.817. The first-order valence-corrected chi connectivity index (χ1v) is 6.91. The maximum Gasteiger partial charge on any atom is 0.321 e. The van der Waals surface area contributed by atoms with Crippen molar-refractivity contribution in [2.75, 3.05) is 18.4 Å². The highest BCUT2D eigenvalue weighted by Crippen LogP contribution is 2.38. The third kappa shape index (κ3) is 2.35. The number of fused-ring (bicyclic) bond motifs is 1. The number of hydrogen-bond donors (Lipinski definition) is 2. The number of aliphatic hydroxyl groups excluding tert-OH is 1. The third-order valence-corrected chi connectivity index (χ3v) is 4.37. The Bertz CT molecular complexity index is 549. The van der Waals surface area contributed by atoms with Crippen LogP contribution in [0.2, 0.25) is 0 Å². The van der Waals surface area contributed by atoms with Crippen LogP contribution in [0, 0.1) is 23.2 Å². The van der Waals surface area contributed by atoms with Crippen LogP contribution in [0.3, 0.4) is 0 Å². The minimum absolute atomic E-state index is 0.128. The molecule has 1 aliphatic heterocycles. The fourth-order valence-corrected chi connectivity index (χ4v) is 3.23. The Morgan fingerprint density at radius 3 is 2.70 bits per heavy atom. The van der Waals surface area contributed by atoms with E-state index >= 15 is 0 Å². The van der Waals surface area contributed by atoms with Gasteiger partial charge >= 0.3 is 6.03 Å². The molecule has 3 unspecified atom stereocenters. The highest BCUT2D eigenvalue weighted by atomic mass is 16.3. The molecule has 1 saturated carbocycles. The lowest BCUT2D eigenvalue weighted by molar-refractivity contribution is 0.127. The Balaban J connectivity index is 1.61. The Morgan fingerprint density at radius 2 is 2.05 bits per heavy atom. The number of amides is 2. The second-order valence-electron chi connectivity index (χ2n) is 5.59. The van der Waals surface area contributed by atoms with Crippen LogP contribution < -0.4 is 5.32 Å². The molecule has 1 heterocycles. The molecule has 1 aromatic rings.